The molecule has 1 saturated heterocycles. The van der Waals surface area contributed by atoms with Crippen molar-refractivity contribution in [2.24, 2.45) is 0 Å². The lowest BCUT2D eigenvalue weighted by molar-refractivity contribution is -0.117. The molecule has 1 aromatic carbocycles. The maximum Gasteiger partial charge on any atom is 0.232 e. The van der Waals surface area contributed by atoms with Gasteiger partial charge >= 0.3 is 0 Å². The largest absolute Gasteiger partial charge is 0.296 e. The van der Waals surface area contributed by atoms with Gasteiger partial charge in [-0.25, -0.2) is 22.7 Å². The zero-order valence-electron chi connectivity index (χ0n) is 17.5. The summed E-state index contributed by atoms with van der Waals surface area (Å²) in [5.74, 6) is 1.51. The van der Waals surface area contributed by atoms with Gasteiger partial charge in [0, 0.05) is 36.8 Å². The van der Waals surface area contributed by atoms with Crippen molar-refractivity contribution in [1.29, 1.82) is 0 Å². The Labute approximate surface area is 178 Å². The third-order valence-electron chi connectivity index (χ3n) is 6.06. The summed E-state index contributed by atoms with van der Waals surface area (Å²) in [7, 11) is -3.21. The molecule has 0 N–H and O–H groups in total. The average molecular weight is 429 g/mol. The van der Waals surface area contributed by atoms with Crippen molar-refractivity contribution in [3.8, 4) is 0 Å². The third kappa shape index (κ3) is 4.11. The van der Waals surface area contributed by atoms with E-state index in [0.29, 0.717) is 44.1 Å². The van der Waals surface area contributed by atoms with Gasteiger partial charge in [-0.2, -0.15) is 0 Å². The van der Waals surface area contributed by atoms with Gasteiger partial charge in [0.15, 0.2) is 0 Å². The first-order valence-corrected chi connectivity index (χ1v) is 12.2. The molecule has 0 spiro atoms. The fourth-order valence-corrected chi connectivity index (χ4v) is 5.43. The van der Waals surface area contributed by atoms with Gasteiger partial charge < -0.3 is 0 Å². The number of aryl methyl sites for hydroxylation is 2. The van der Waals surface area contributed by atoms with Gasteiger partial charge in [0.1, 0.15) is 11.6 Å². The summed E-state index contributed by atoms with van der Waals surface area (Å²) in [5.41, 5.74) is 2.98. The number of hydrogen-bond acceptors (Lipinski definition) is 5. The zero-order valence-corrected chi connectivity index (χ0v) is 18.4. The van der Waals surface area contributed by atoms with Crippen molar-refractivity contribution in [2.45, 2.75) is 45.4 Å². The van der Waals surface area contributed by atoms with Gasteiger partial charge in [0.2, 0.25) is 15.9 Å². The molecule has 1 amide bonds. The minimum Gasteiger partial charge on any atom is -0.296 e. The first-order valence-electron chi connectivity index (χ1n) is 10.6. The van der Waals surface area contributed by atoms with Crippen LogP contribution in [0.4, 0.5) is 5.82 Å². The van der Waals surface area contributed by atoms with Crippen molar-refractivity contribution in [1.82, 2.24) is 14.3 Å². The fraction of sp³-hybridized carbons (Fsp3) is 0.500. The number of carbonyl (C=O) groups is 1. The molecular weight excluding hydrogens is 400 g/mol. The van der Waals surface area contributed by atoms with E-state index in [1.54, 1.807) is 11.8 Å². The Balaban J connectivity index is 1.51. The minimum absolute atomic E-state index is 0.0304. The Hall–Kier alpha value is -2.32. The molecule has 4 rings (SSSR count). The molecule has 1 aromatic heterocycles. The van der Waals surface area contributed by atoms with Crippen LogP contribution in [0.5, 0.6) is 0 Å². The van der Waals surface area contributed by atoms with Crippen LogP contribution < -0.4 is 4.90 Å². The van der Waals surface area contributed by atoms with Crippen LogP contribution in [0.1, 0.15) is 48.3 Å². The van der Waals surface area contributed by atoms with Gasteiger partial charge in [0.05, 0.1) is 12.2 Å². The molecule has 2 aliphatic heterocycles. The number of benzene rings is 1. The minimum atomic E-state index is -3.21. The van der Waals surface area contributed by atoms with Crippen LogP contribution in [0, 0.1) is 6.92 Å². The summed E-state index contributed by atoms with van der Waals surface area (Å²) >= 11 is 0. The quantitative estimate of drug-likeness (QED) is 0.676. The predicted molar refractivity (Wildman–Crippen MR) is 116 cm³/mol. The van der Waals surface area contributed by atoms with Crippen molar-refractivity contribution < 1.29 is 13.2 Å². The Morgan fingerprint density at radius 3 is 2.67 bits per heavy atom. The van der Waals surface area contributed by atoms with Gasteiger partial charge in [0.25, 0.3) is 0 Å². The van der Waals surface area contributed by atoms with Crippen molar-refractivity contribution in [3.63, 3.8) is 0 Å². The van der Waals surface area contributed by atoms with Crippen LogP contribution in [-0.2, 0) is 27.7 Å². The Bertz CT molecular complexity index is 1040. The highest BCUT2D eigenvalue weighted by atomic mass is 32.2. The van der Waals surface area contributed by atoms with Crippen LogP contribution in [0.25, 0.3) is 0 Å². The second kappa shape index (κ2) is 8.43. The summed E-state index contributed by atoms with van der Waals surface area (Å²) < 4.78 is 25.9. The number of nitrogens with zero attached hydrogens (tertiary/aromatic N) is 4. The Morgan fingerprint density at radius 1 is 1.17 bits per heavy atom. The molecule has 7 nitrogen and oxygen atoms in total. The van der Waals surface area contributed by atoms with Crippen LogP contribution in [-0.4, -0.2) is 54.0 Å². The maximum absolute atomic E-state index is 12.7. The van der Waals surface area contributed by atoms with Crippen molar-refractivity contribution >= 4 is 21.7 Å². The van der Waals surface area contributed by atoms with E-state index in [4.69, 9.17) is 4.98 Å². The highest BCUT2D eigenvalue weighted by molar-refractivity contribution is 7.89. The van der Waals surface area contributed by atoms with E-state index >= 15 is 0 Å². The van der Waals surface area contributed by atoms with E-state index in [-0.39, 0.29) is 17.6 Å². The van der Waals surface area contributed by atoms with Crippen molar-refractivity contribution in [2.75, 3.05) is 30.3 Å². The highest BCUT2D eigenvalue weighted by Gasteiger charge is 2.36. The molecule has 30 heavy (non-hydrogen) atoms. The molecule has 3 heterocycles. The molecule has 1 atom stereocenters. The molecule has 2 aromatic rings. The molecular formula is C22H28N4O3S. The second-order valence-corrected chi connectivity index (χ2v) is 10.3. The third-order valence-corrected chi connectivity index (χ3v) is 7.91. The van der Waals surface area contributed by atoms with E-state index in [9.17, 15) is 13.2 Å². The first kappa shape index (κ1) is 20.9. The van der Waals surface area contributed by atoms with E-state index in [1.807, 2.05) is 25.1 Å². The number of fused-ring (bicyclic) bond motifs is 1. The lowest BCUT2D eigenvalue weighted by Gasteiger charge is -2.19. The van der Waals surface area contributed by atoms with Crippen LogP contribution >= 0.6 is 0 Å². The number of aromatic nitrogens is 2. The Morgan fingerprint density at radius 2 is 1.93 bits per heavy atom. The second-order valence-electron chi connectivity index (χ2n) is 8.02. The smallest absolute Gasteiger partial charge is 0.232 e. The van der Waals surface area contributed by atoms with Crippen molar-refractivity contribution in [3.05, 3.63) is 53.0 Å². The standard InChI is InChI=1S/C22H28N4O3S/c1-3-30(28,29)25-13-11-18(15-25)21-23-16(2)19-14-20(27)26(22(19)24-21)12-7-10-17-8-5-4-6-9-17/h4-6,8-9,18H,3,7,10-15H2,1-2H3/t18-/m1/s1. The van der Waals surface area contributed by atoms with Crippen LogP contribution in [0.15, 0.2) is 30.3 Å². The van der Waals surface area contributed by atoms with Gasteiger partial charge in [-0.3, -0.25) is 9.69 Å². The average Bonchev–Trinajstić information content (AvgIpc) is 3.35. The predicted octanol–water partition coefficient (Wildman–Crippen LogP) is 2.45. The SMILES string of the molecule is CCS(=O)(=O)N1CC[C@@H](c2nc(C)c3c(n2)N(CCCc2ccccc2)C(=O)C3)C1. The summed E-state index contributed by atoms with van der Waals surface area (Å²) in [6, 6.07) is 10.2. The normalized spacial score (nSPS) is 19.5. The Kier molecular flexibility index (Phi) is 5.88. The van der Waals surface area contributed by atoms with Crippen LogP contribution in [0.2, 0.25) is 0 Å². The zero-order chi connectivity index (χ0) is 21.3. The molecule has 0 radical (unpaired) electrons. The van der Waals surface area contributed by atoms with E-state index in [1.165, 1.54) is 9.87 Å². The molecule has 0 saturated carbocycles. The summed E-state index contributed by atoms with van der Waals surface area (Å²) in [6.45, 7) is 5.12. The number of carbonyl (C=O) groups excluding carboxylic acids is 1. The molecule has 8 heteroatoms. The van der Waals surface area contributed by atoms with E-state index in [0.717, 1.165) is 24.1 Å². The maximum atomic E-state index is 12.7. The van der Waals surface area contributed by atoms with Gasteiger partial charge in [-0.1, -0.05) is 30.3 Å². The first-order chi connectivity index (χ1) is 14.4. The van der Waals surface area contributed by atoms with E-state index < -0.39 is 10.0 Å². The molecule has 0 aliphatic carbocycles. The summed E-state index contributed by atoms with van der Waals surface area (Å²) in [4.78, 5) is 23.9. The fourth-order valence-electron chi connectivity index (χ4n) is 4.27. The number of hydrogen-bond donors (Lipinski definition) is 0. The monoisotopic (exact) mass is 428 g/mol. The summed E-state index contributed by atoms with van der Waals surface area (Å²) in [5, 5.41) is 0. The molecule has 160 valence electrons. The lowest BCUT2D eigenvalue weighted by Crippen LogP contribution is -2.30. The molecule has 0 bridgehead atoms. The molecule has 0 unspecified atom stereocenters. The van der Waals surface area contributed by atoms with Gasteiger partial charge in [-0.15, -0.1) is 0 Å². The summed E-state index contributed by atoms with van der Waals surface area (Å²) in [6.07, 6.45) is 2.82. The number of sulfonamides is 1. The van der Waals surface area contributed by atoms with E-state index in [2.05, 4.69) is 17.1 Å². The van der Waals surface area contributed by atoms with Crippen LogP contribution in [0.3, 0.4) is 0 Å². The number of anilines is 1. The van der Waals surface area contributed by atoms with Gasteiger partial charge in [-0.05, 0) is 38.7 Å². The topological polar surface area (TPSA) is 83.5 Å². The lowest BCUT2D eigenvalue weighted by atomic mass is 10.1. The highest BCUT2D eigenvalue weighted by Crippen LogP contribution is 2.33. The number of rotatable bonds is 7. The molecule has 1 fully saturated rings. The molecule has 2 aliphatic rings. The number of amides is 1.